The van der Waals surface area contributed by atoms with E-state index in [9.17, 15) is 18.0 Å². The number of hydrogen-bond donors (Lipinski definition) is 3. The van der Waals surface area contributed by atoms with Crippen molar-refractivity contribution in [3.8, 4) is 0 Å². The zero-order valence-electron chi connectivity index (χ0n) is 15.7. The molecule has 0 radical (unpaired) electrons. The number of nitrogens with one attached hydrogen (secondary N) is 3. The van der Waals surface area contributed by atoms with Crippen LogP contribution in [-0.4, -0.2) is 26.9 Å². The van der Waals surface area contributed by atoms with E-state index < -0.39 is 16.0 Å². The van der Waals surface area contributed by atoms with Crippen molar-refractivity contribution in [2.24, 2.45) is 0 Å². The Hall–Kier alpha value is -2.69. The van der Waals surface area contributed by atoms with Crippen LogP contribution in [0, 0.1) is 6.92 Å². The fourth-order valence-electron chi connectivity index (χ4n) is 2.34. The van der Waals surface area contributed by atoms with Gasteiger partial charge in [0.15, 0.2) is 0 Å². The third-order valence-corrected chi connectivity index (χ3v) is 6.11. The molecule has 8 nitrogen and oxygen atoms in total. The maximum absolute atomic E-state index is 12.3. The lowest BCUT2D eigenvalue weighted by Crippen LogP contribution is -2.35. The minimum atomic E-state index is -3.80. The summed E-state index contributed by atoms with van der Waals surface area (Å²) >= 11 is 1.09. The van der Waals surface area contributed by atoms with E-state index in [1.807, 2.05) is 0 Å². The third kappa shape index (κ3) is 4.97. The summed E-state index contributed by atoms with van der Waals surface area (Å²) in [4.78, 5) is 26.6. The number of rotatable bonds is 8. The van der Waals surface area contributed by atoms with Crippen molar-refractivity contribution in [3.05, 3.63) is 52.9 Å². The molecule has 0 unspecified atom stereocenters. The molecule has 28 heavy (non-hydrogen) atoms. The number of anilines is 1. The average Bonchev–Trinajstić information content (AvgIpc) is 2.96. The maximum Gasteiger partial charge on any atom is 0.341 e. The van der Waals surface area contributed by atoms with Crippen LogP contribution < -0.4 is 15.6 Å². The Morgan fingerprint density at radius 3 is 2.43 bits per heavy atom. The van der Waals surface area contributed by atoms with Gasteiger partial charge in [-0.3, -0.25) is 4.79 Å². The Bertz CT molecular complexity index is 998. The van der Waals surface area contributed by atoms with Crippen molar-refractivity contribution in [2.75, 3.05) is 11.9 Å². The summed E-state index contributed by atoms with van der Waals surface area (Å²) in [5.74, 6) is -0.925. The zero-order chi connectivity index (χ0) is 20.9. The predicted octanol–water partition coefficient (Wildman–Crippen LogP) is 2.65. The first-order valence-corrected chi connectivity index (χ1v) is 10.6. The maximum atomic E-state index is 12.3. The lowest BCUT2D eigenvalue weighted by molar-refractivity contribution is -0.114. The minimum Gasteiger partial charge on any atom is -0.462 e. The zero-order valence-corrected chi connectivity index (χ0v) is 17.3. The second-order valence-corrected chi connectivity index (χ2v) is 8.39. The van der Waals surface area contributed by atoms with E-state index in [1.54, 1.807) is 32.0 Å². The number of esters is 1. The number of sulfonamides is 1. The predicted molar refractivity (Wildman–Crippen MR) is 108 cm³/mol. The minimum absolute atomic E-state index is 0.0874. The molecular weight excluding hydrogens is 402 g/mol. The molecule has 0 saturated carbocycles. The van der Waals surface area contributed by atoms with E-state index >= 15 is 0 Å². The van der Waals surface area contributed by atoms with Crippen LogP contribution >= 0.6 is 11.3 Å². The highest BCUT2D eigenvalue weighted by molar-refractivity contribution is 7.89. The van der Waals surface area contributed by atoms with Gasteiger partial charge in [0, 0.05) is 6.92 Å². The largest absolute Gasteiger partial charge is 0.462 e. The monoisotopic (exact) mass is 423 g/mol. The molecule has 2 rings (SSSR count). The number of carbonyl (C=O) groups excluding carboxylic acids is 2. The fourth-order valence-corrected chi connectivity index (χ4v) is 4.40. The van der Waals surface area contributed by atoms with Crippen LogP contribution in [0.15, 0.2) is 41.8 Å². The number of hydrogen-bond acceptors (Lipinski definition) is 7. The molecule has 1 heterocycles. The van der Waals surface area contributed by atoms with Crippen molar-refractivity contribution in [3.63, 3.8) is 0 Å². The number of hydrazine groups is 1. The van der Waals surface area contributed by atoms with Crippen molar-refractivity contribution >= 4 is 43.9 Å². The molecule has 0 spiro atoms. The van der Waals surface area contributed by atoms with Crippen LogP contribution in [0.25, 0.3) is 5.70 Å². The Labute approximate surface area is 167 Å². The summed E-state index contributed by atoms with van der Waals surface area (Å²) in [5, 5.41) is 2.91. The number of carbonyl (C=O) groups is 2. The molecule has 0 bridgehead atoms. The first-order valence-electron chi connectivity index (χ1n) is 8.27. The lowest BCUT2D eigenvalue weighted by Gasteiger charge is -2.11. The molecule has 3 N–H and O–H groups in total. The van der Waals surface area contributed by atoms with Crippen LogP contribution in [-0.2, 0) is 19.6 Å². The number of thiophene rings is 1. The summed E-state index contributed by atoms with van der Waals surface area (Å²) < 4.78 is 29.7. The SMILES string of the molecule is C=C(NNS(=O)(=O)c1ccccc1)c1sc(NC(C)=O)c(C(=O)OCC)c1C. The second-order valence-electron chi connectivity index (χ2n) is 5.68. The first kappa shape index (κ1) is 21.6. The molecule has 1 aromatic carbocycles. The highest BCUT2D eigenvalue weighted by atomic mass is 32.2. The second kappa shape index (κ2) is 9.00. The molecule has 0 fully saturated rings. The van der Waals surface area contributed by atoms with Gasteiger partial charge in [0.25, 0.3) is 10.0 Å². The average molecular weight is 424 g/mol. The molecule has 1 aromatic heterocycles. The van der Waals surface area contributed by atoms with Gasteiger partial charge >= 0.3 is 5.97 Å². The molecule has 0 aliphatic heterocycles. The van der Waals surface area contributed by atoms with Gasteiger partial charge in [-0.15, -0.1) is 16.2 Å². The first-order chi connectivity index (χ1) is 13.2. The highest BCUT2D eigenvalue weighted by Gasteiger charge is 2.24. The Kier molecular flexibility index (Phi) is 6.95. The molecular formula is C18H21N3O5S2. The molecule has 2 aromatic rings. The van der Waals surface area contributed by atoms with Crippen molar-refractivity contribution in [1.82, 2.24) is 10.3 Å². The smallest absolute Gasteiger partial charge is 0.341 e. The van der Waals surface area contributed by atoms with Crippen LogP contribution in [0.4, 0.5) is 5.00 Å². The van der Waals surface area contributed by atoms with Gasteiger partial charge in [-0.1, -0.05) is 24.8 Å². The van der Waals surface area contributed by atoms with Gasteiger partial charge in [0.2, 0.25) is 5.91 Å². The lowest BCUT2D eigenvalue weighted by atomic mass is 10.1. The Balaban J connectivity index is 2.27. The Morgan fingerprint density at radius 1 is 1.21 bits per heavy atom. The van der Waals surface area contributed by atoms with Gasteiger partial charge in [-0.2, -0.15) is 0 Å². The molecule has 150 valence electrons. The molecule has 0 aliphatic rings. The van der Waals surface area contributed by atoms with E-state index in [1.165, 1.54) is 19.1 Å². The van der Waals surface area contributed by atoms with Gasteiger partial charge in [0.1, 0.15) is 5.00 Å². The van der Waals surface area contributed by atoms with Crippen LogP contribution in [0.3, 0.4) is 0 Å². The Morgan fingerprint density at radius 2 is 1.86 bits per heavy atom. The third-order valence-electron chi connectivity index (χ3n) is 3.58. The van der Waals surface area contributed by atoms with Crippen LogP contribution in [0.2, 0.25) is 0 Å². The summed E-state index contributed by atoms with van der Waals surface area (Å²) in [6, 6.07) is 7.84. The van der Waals surface area contributed by atoms with Gasteiger partial charge < -0.3 is 15.5 Å². The number of ether oxygens (including phenoxy) is 1. The van der Waals surface area contributed by atoms with E-state index in [-0.39, 0.29) is 28.7 Å². The molecule has 10 heteroatoms. The van der Waals surface area contributed by atoms with E-state index in [4.69, 9.17) is 4.74 Å². The molecule has 1 amide bonds. The summed E-state index contributed by atoms with van der Waals surface area (Å²) in [5.41, 5.74) is 3.51. The number of benzene rings is 1. The standard InChI is InChI=1S/C18H21N3O5S2/c1-5-26-18(23)15-11(2)16(27-17(15)19-13(4)22)12(3)20-21-28(24,25)14-9-7-6-8-10-14/h6-10,20-21H,3,5H2,1-2,4H3,(H,19,22). The van der Waals surface area contributed by atoms with E-state index in [2.05, 4.69) is 22.2 Å². The summed E-state index contributed by atoms with van der Waals surface area (Å²) in [6.07, 6.45) is 0. The van der Waals surface area contributed by atoms with Crippen molar-refractivity contribution in [2.45, 2.75) is 25.7 Å². The van der Waals surface area contributed by atoms with Gasteiger partial charge in [-0.05, 0) is 31.5 Å². The van der Waals surface area contributed by atoms with Crippen molar-refractivity contribution in [1.29, 1.82) is 0 Å². The normalized spacial score (nSPS) is 11.0. The van der Waals surface area contributed by atoms with Gasteiger partial charge in [-0.25, -0.2) is 13.2 Å². The fraction of sp³-hybridized carbons (Fsp3) is 0.222. The highest BCUT2D eigenvalue weighted by Crippen LogP contribution is 2.36. The van der Waals surface area contributed by atoms with E-state index in [0.29, 0.717) is 15.4 Å². The molecule has 0 aliphatic carbocycles. The topological polar surface area (TPSA) is 114 Å². The van der Waals surface area contributed by atoms with Gasteiger partial charge in [0.05, 0.1) is 27.6 Å². The summed E-state index contributed by atoms with van der Waals surface area (Å²) in [6.45, 7) is 8.68. The molecule has 0 atom stereocenters. The summed E-state index contributed by atoms with van der Waals surface area (Å²) in [7, 11) is -3.80. The van der Waals surface area contributed by atoms with Crippen LogP contribution in [0.1, 0.15) is 34.6 Å². The molecule has 0 saturated heterocycles. The van der Waals surface area contributed by atoms with Crippen molar-refractivity contribution < 1.29 is 22.7 Å². The van der Waals surface area contributed by atoms with E-state index in [0.717, 1.165) is 11.3 Å². The quantitative estimate of drug-likeness (QED) is 0.444. The number of amides is 1. The van der Waals surface area contributed by atoms with Crippen LogP contribution in [0.5, 0.6) is 0 Å².